The lowest BCUT2D eigenvalue weighted by molar-refractivity contribution is -0.493. The SMILES string of the molecule is CCOC(OCC)(OCC=C(C)CCC=C(C)C)OCC=C(C)CCC=C(C)C. The van der Waals surface area contributed by atoms with E-state index >= 15 is 0 Å². The normalized spacial score (nSPS) is 12.8. The lowest BCUT2D eigenvalue weighted by atomic mass is 10.1. The van der Waals surface area contributed by atoms with E-state index in [4.69, 9.17) is 18.9 Å². The maximum Gasteiger partial charge on any atom is 0.413 e. The van der Waals surface area contributed by atoms with Gasteiger partial charge in [-0.25, -0.2) is 0 Å². The molecule has 0 atom stereocenters. The molecule has 0 N–H and O–H groups in total. The lowest BCUT2D eigenvalue weighted by Crippen LogP contribution is -2.42. The summed E-state index contributed by atoms with van der Waals surface area (Å²) < 4.78 is 23.2. The highest BCUT2D eigenvalue weighted by molar-refractivity contribution is 5.03. The number of rotatable bonds is 16. The van der Waals surface area contributed by atoms with Crippen molar-refractivity contribution in [3.8, 4) is 0 Å². The quantitative estimate of drug-likeness (QED) is 0.202. The molecule has 4 heteroatoms. The second-order valence-corrected chi connectivity index (χ2v) is 7.73. The Balaban J connectivity index is 4.79. The predicted octanol–water partition coefficient (Wildman–Crippen LogP) is 7.09. The van der Waals surface area contributed by atoms with Crippen molar-refractivity contribution >= 4 is 0 Å². The van der Waals surface area contributed by atoms with Crippen LogP contribution >= 0.6 is 0 Å². The molecule has 0 saturated heterocycles. The van der Waals surface area contributed by atoms with Crippen LogP contribution < -0.4 is 0 Å². The first kappa shape index (κ1) is 27.8. The van der Waals surface area contributed by atoms with Crippen LogP contribution in [-0.4, -0.2) is 32.6 Å². The highest BCUT2D eigenvalue weighted by Gasteiger charge is 2.34. The molecule has 0 aromatic heterocycles. The molecule has 0 unspecified atom stereocenters. The van der Waals surface area contributed by atoms with Crippen molar-refractivity contribution in [2.75, 3.05) is 26.4 Å². The van der Waals surface area contributed by atoms with Gasteiger partial charge >= 0.3 is 6.16 Å². The predicted molar refractivity (Wildman–Crippen MR) is 123 cm³/mol. The summed E-state index contributed by atoms with van der Waals surface area (Å²) in [6, 6.07) is 0. The second kappa shape index (κ2) is 16.6. The molecule has 0 aromatic rings. The first-order chi connectivity index (χ1) is 13.7. The fraction of sp³-hybridized carbons (Fsp3) is 0.680. The van der Waals surface area contributed by atoms with Gasteiger partial charge in [-0.3, -0.25) is 9.47 Å². The third kappa shape index (κ3) is 15.3. The Morgan fingerprint density at radius 1 is 0.586 bits per heavy atom. The third-order valence-electron chi connectivity index (χ3n) is 4.21. The van der Waals surface area contributed by atoms with Crippen molar-refractivity contribution in [3.05, 3.63) is 46.6 Å². The molecule has 0 aliphatic heterocycles. The van der Waals surface area contributed by atoms with Crippen LogP contribution in [-0.2, 0) is 18.9 Å². The second-order valence-electron chi connectivity index (χ2n) is 7.73. The van der Waals surface area contributed by atoms with Crippen LogP contribution in [0.1, 0.15) is 81.1 Å². The van der Waals surface area contributed by atoms with Crippen molar-refractivity contribution in [1.29, 1.82) is 0 Å². The van der Waals surface area contributed by atoms with Crippen LogP contribution in [0.5, 0.6) is 0 Å². The zero-order valence-corrected chi connectivity index (χ0v) is 20.1. The van der Waals surface area contributed by atoms with E-state index in [-0.39, 0.29) is 0 Å². The van der Waals surface area contributed by atoms with Gasteiger partial charge in [0.25, 0.3) is 0 Å². The molecule has 0 bridgehead atoms. The van der Waals surface area contributed by atoms with Crippen LogP contribution in [0.3, 0.4) is 0 Å². The van der Waals surface area contributed by atoms with E-state index in [1.807, 2.05) is 13.8 Å². The van der Waals surface area contributed by atoms with Crippen LogP contribution in [0.4, 0.5) is 0 Å². The fourth-order valence-corrected chi connectivity index (χ4v) is 2.56. The molecule has 0 spiro atoms. The molecule has 0 saturated carbocycles. The van der Waals surface area contributed by atoms with Gasteiger partial charge in [-0.15, -0.1) is 0 Å². The number of hydrogen-bond donors (Lipinski definition) is 0. The Morgan fingerprint density at radius 3 is 1.28 bits per heavy atom. The molecule has 0 aromatic carbocycles. The molecule has 0 aliphatic rings. The lowest BCUT2D eigenvalue weighted by Gasteiger charge is -2.30. The molecular weight excluding hydrogens is 364 g/mol. The molecule has 0 radical (unpaired) electrons. The third-order valence-corrected chi connectivity index (χ3v) is 4.21. The minimum atomic E-state index is -1.46. The molecule has 0 aliphatic carbocycles. The summed E-state index contributed by atoms with van der Waals surface area (Å²) in [5, 5.41) is 0. The van der Waals surface area contributed by atoms with Gasteiger partial charge in [0, 0.05) is 0 Å². The summed E-state index contributed by atoms with van der Waals surface area (Å²) in [5.74, 6) is 0. The Morgan fingerprint density at radius 2 is 0.966 bits per heavy atom. The van der Waals surface area contributed by atoms with Crippen molar-refractivity contribution in [2.24, 2.45) is 0 Å². The monoisotopic (exact) mass is 408 g/mol. The van der Waals surface area contributed by atoms with E-state index in [0.717, 1.165) is 25.7 Å². The minimum Gasteiger partial charge on any atom is -0.304 e. The highest BCUT2D eigenvalue weighted by atomic mass is 17.0. The van der Waals surface area contributed by atoms with Gasteiger partial charge in [0.1, 0.15) is 0 Å². The molecule has 0 amide bonds. The smallest absolute Gasteiger partial charge is 0.304 e. The van der Waals surface area contributed by atoms with Gasteiger partial charge in [-0.1, -0.05) is 46.6 Å². The first-order valence-corrected chi connectivity index (χ1v) is 10.9. The maximum atomic E-state index is 5.91. The summed E-state index contributed by atoms with van der Waals surface area (Å²) >= 11 is 0. The molecular formula is C25H44O4. The Kier molecular flexibility index (Phi) is 15.9. The number of hydrogen-bond acceptors (Lipinski definition) is 4. The van der Waals surface area contributed by atoms with Crippen molar-refractivity contribution in [1.82, 2.24) is 0 Å². The van der Waals surface area contributed by atoms with Crippen molar-refractivity contribution in [3.63, 3.8) is 0 Å². The van der Waals surface area contributed by atoms with E-state index < -0.39 is 6.16 Å². The molecule has 0 rings (SSSR count). The van der Waals surface area contributed by atoms with E-state index in [2.05, 4.69) is 65.8 Å². The van der Waals surface area contributed by atoms with Gasteiger partial charge in [-0.2, -0.15) is 0 Å². The molecule has 4 nitrogen and oxygen atoms in total. The summed E-state index contributed by atoms with van der Waals surface area (Å²) in [4.78, 5) is 0. The van der Waals surface area contributed by atoms with E-state index in [9.17, 15) is 0 Å². The maximum absolute atomic E-state index is 5.91. The van der Waals surface area contributed by atoms with Crippen molar-refractivity contribution in [2.45, 2.75) is 87.2 Å². The van der Waals surface area contributed by atoms with Crippen LogP contribution in [0, 0.1) is 0 Å². The van der Waals surface area contributed by atoms with E-state index in [1.54, 1.807) is 0 Å². The average Bonchev–Trinajstić information content (AvgIpc) is 2.61. The summed E-state index contributed by atoms with van der Waals surface area (Å²) in [7, 11) is 0. The zero-order valence-electron chi connectivity index (χ0n) is 20.1. The van der Waals surface area contributed by atoms with Gasteiger partial charge in [0.05, 0.1) is 26.4 Å². The average molecular weight is 409 g/mol. The largest absolute Gasteiger partial charge is 0.413 e. The summed E-state index contributed by atoms with van der Waals surface area (Å²) in [6.07, 6.45) is 11.3. The molecule has 168 valence electrons. The Hall–Kier alpha value is -1.20. The Labute approximate surface area is 179 Å². The topological polar surface area (TPSA) is 36.9 Å². The highest BCUT2D eigenvalue weighted by Crippen LogP contribution is 2.19. The summed E-state index contributed by atoms with van der Waals surface area (Å²) in [6.45, 7) is 18.2. The Bertz CT molecular complexity index is 497. The zero-order chi connectivity index (χ0) is 22.1. The summed E-state index contributed by atoms with van der Waals surface area (Å²) in [5.41, 5.74) is 5.25. The number of allylic oxidation sites excluding steroid dienone is 6. The van der Waals surface area contributed by atoms with Crippen LogP contribution in [0.25, 0.3) is 0 Å². The van der Waals surface area contributed by atoms with Gasteiger partial charge in [0.15, 0.2) is 0 Å². The molecule has 0 fully saturated rings. The van der Waals surface area contributed by atoms with Crippen LogP contribution in [0.2, 0.25) is 0 Å². The first-order valence-electron chi connectivity index (χ1n) is 10.9. The van der Waals surface area contributed by atoms with E-state index in [1.165, 1.54) is 22.3 Å². The fourth-order valence-electron chi connectivity index (χ4n) is 2.56. The number of ether oxygens (including phenoxy) is 4. The van der Waals surface area contributed by atoms with Crippen LogP contribution in [0.15, 0.2) is 46.6 Å². The van der Waals surface area contributed by atoms with E-state index in [0.29, 0.717) is 26.4 Å². The van der Waals surface area contributed by atoms with Gasteiger partial charge in [0.2, 0.25) is 0 Å². The van der Waals surface area contributed by atoms with Crippen molar-refractivity contribution < 1.29 is 18.9 Å². The minimum absolute atomic E-state index is 0.379. The molecule has 0 heterocycles. The van der Waals surface area contributed by atoms with Gasteiger partial charge in [-0.05, 0) is 81.1 Å². The standard InChI is InChI=1S/C25H44O4/c1-9-26-25(27-10-2,28-19-17-23(7)15-11-13-21(3)4)29-20-18-24(8)16-12-14-22(5)6/h13-14,17-18H,9-12,15-16,19-20H2,1-8H3. The molecule has 29 heavy (non-hydrogen) atoms. The van der Waals surface area contributed by atoms with Gasteiger partial charge < -0.3 is 9.47 Å².